The minimum Gasteiger partial charge on any atom is -0.507 e. The average Bonchev–Trinajstić information content (AvgIpc) is 2.63. The number of hydrogen-bond donors (Lipinski definition) is 3. The molecule has 0 aromatic heterocycles. The van der Waals surface area contributed by atoms with Crippen LogP contribution in [0.5, 0.6) is 11.5 Å². The number of rotatable bonds is 7. The Bertz CT molecular complexity index is 807. The molecule has 2 aromatic carbocycles. The van der Waals surface area contributed by atoms with Crippen LogP contribution in [-0.2, 0) is 9.59 Å². The topological polar surface area (TPSA) is 100 Å². The standard InChI is InChI=1S/C18H18IN3O4/c1-26-15-6-7-16(23)12(10-15)11-20-22-18(25)9-8-17(24)21-14-4-2-13(19)3-5-14/h2-7,10-11,23H,8-9H2,1H3,(H,21,24)(H,22,25). The highest BCUT2D eigenvalue weighted by molar-refractivity contribution is 14.1. The molecule has 0 spiro atoms. The van der Waals surface area contributed by atoms with E-state index in [9.17, 15) is 14.7 Å². The number of carbonyl (C=O) groups is 2. The zero-order valence-corrected chi connectivity index (χ0v) is 16.2. The van der Waals surface area contributed by atoms with Gasteiger partial charge >= 0.3 is 0 Å². The normalized spacial score (nSPS) is 10.5. The van der Waals surface area contributed by atoms with Gasteiger partial charge in [0.1, 0.15) is 11.5 Å². The molecule has 3 N–H and O–H groups in total. The second-order valence-corrected chi connectivity index (χ2v) is 6.52. The summed E-state index contributed by atoms with van der Waals surface area (Å²) in [7, 11) is 1.51. The number of hydrazone groups is 1. The first-order valence-corrected chi connectivity index (χ1v) is 8.80. The number of benzene rings is 2. The smallest absolute Gasteiger partial charge is 0.240 e. The molecular weight excluding hydrogens is 449 g/mol. The number of nitrogens with one attached hydrogen (secondary N) is 2. The SMILES string of the molecule is COc1ccc(O)c(C=NNC(=O)CCC(=O)Nc2ccc(I)cc2)c1. The van der Waals surface area contributed by atoms with Crippen LogP contribution in [0.15, 0.2) is 47.6 Å². The third-order valence-electron chi connectivity index (χ3n) is 3.33. The van der Waals surface area contributed by atoms with E-state index in [1.165, 1.54) is 19.4 Å². The summed E-state index contributed by atoms with van der Waals surface area (Å²) in [6, 6.07) is 12.0. The highest BCUT2D eigenvalue weighted by Gasteiger charge is 2.07. The van der Waals surface area contributed by atoms with Crippen LogP contribution in [0.3, 0.4) is 0 Å². The molecule has 0 saturated heterocycles. The number of ether oxygens (including phenoxy) is 1. The lowest BCUT2D eigenvalue weighted by molar-refractivity contribution is -0.124. The van der Waals surface area contributed by atoms with E-state index in [4.69, 9.17) is 4.74 Å². The zero-order chi connectivity index (χ0) is 18.9. The van der Waals surface area contributed by atoms with Crippen LogP contribution in [0.4, 0.5) is 5.69 Å². The molecular formula is C18H18IN3O4. The molecule has 0 bridgehead atoms. The van der Waals surface area contributed by atoms with Crippen LogP contribution in [0.25, 0.3) is 0 Å². The van der Waals surface area contributed by atoms with E-state index in [1.807, 2.05) is 12.1 Å². The van der Waals surface area contributed by atoms with Crippen LogP contribution in [-0.4, -0.2) is 30.2 Å². The summed E-state index contributed by atoms with van der Waals surface area (Å²) in [5.41, 5.74) is 3.41. The second kappa shape index (κ2) is 9.76. The van der Waals surface area contributed by atoms with Gasteiger partial charge in [-0.3, -0.25) is 9.59 Å². The van der Waals surface area contributed by atoms with Crippen molar-refractivity contribution in [3.63, 3.8) is 0 Å². The number of hydrogen-bond acceptors (Lipinski definition) is 5. The van der Waals surface area contributed by atoms with Crippen molar-refractivity contribution in [3.8, 4) is 11.5 Å². The van der Waals surface area contributed by atoms with Gasteiger partial charge in [-0.2, -0.15) is 5.10 Å². The minimum absolute atomic E-state index is 0.00235. The molecule has 0 aliphatic heterocycles. The second-order valence-electron chi connectivity index (χ2n) is 5.27. The van der Waals surface area contributed by atoms with Gasteiger partial charge in [-0.25, -0.2) is 5.43 Å². The van der Waals surface area contributed by atoms with Crippen LogP contribution in [0, 0.1) is 3.57 Å². The number of aromatic hydroxyl groups is 1. The number of halogens is 1. The molecule has 2 aromatic rings. The largest absolute Gasteiger partial charge is 0.507 e. The van der Waals surface area contributed by atoms with Crippen molar-refractivity contribution >= 4 is 46.3 Å². The van der Waals surface area contributed by atoms with Gasteiger partial charge in [-0.1, -0.05) is 0 Å². The molecule has 7 nitrogen and oxygen atoms in total. The third kappa shape index (κ3) is 6.36. The molecule has 136 valence electrons. The van der Waals surface area contributed by atoms with E-state index in [-0.39, 0.29) is 24.5 Å². The maximum atomic E-state index is 11.8. The predicted molar refractivity (Wildman–Crippen MR) is 107 cm³/mol. The number of carbonyl (C=O) groups excluding carboxylic acids is 2. The molecule has 0 heterocycles. The predicted octanol–water partition coefficient (Wildman–Crippen LogP) is 2.87. The number of phenolic OH excluding ortho intramolecular Hbond substituents is 1. The first-order chi connectivity index (χ1) is 12.5. The van der Waals surface area contributed by atoms with Crippen molar-refractivity contribution < 1.29 is 19.4 Å². The van der Waals surface area contributed by atoms with E-state index in [1.54, 1.807) is 24.3 Å². The Hall–Kier alpha value is -2.62. The van der Waals surface area contributed by atoms with E-state index in [2.05, 4.69) is 38.4 Å². The Morgan fingerprint density at radius 2 is 1.85 bits per heavy atom. The summed E-state index contributed by atoms with van der Waals surface area (Å²) in [4.78, 5) is 23.6. The van der Waals surface area contributed by atoms with Crippen molar-refractivity contribution in [2.24, 2.45) is 5.10 Å². The number of methoxy groups -OCH3 is 1. The zero-order valence-electron chi connectivity index (χ0n) is 14.0. The Morgan fingerprint density at radius 1 is 1.15 bits per heavy atom. The quantitative estimate of drug-likeness (QED) is 0.331. The maximum Gasteiger partial charge on any atom is 0.240 e. The molecule has 26 heavy (non-hydrogen) atoms. The maximum absolute atomic E-state index is 11.8. The average molecular weight is 467 g/mol. The van der Waals surface area contributed by atoms with Crippen molar-refractivity contribution in [2.45, 2.75) is 12.8 Å². The van der Waals surface area contributed by atoms with Crippen molar-refractivity contribution in [1.29, 1.82) is 0 Å². The summed E-state index contributed by atoms with van der Waals surface area (Å²) < 4.78 is 6.12. The number of amides is 2. The Kier molecular flexibility index (Phi) is 7.39. The van der Waals surface area contributed by atoms with Crippen molar-refractivity contribution in [3.05, 3.63) is 51.6 Å². The summed E-state index contributed by atoms with van der Waals surface area (Å²) in [5.74, 6) is -0.0827. The number of anilines is 1. The molecule has 0 aliphatic carbocycles. The van der Waals surface area contributed by atoms with Gasteiger partial charge in [0.15, 0.2) is 0 Å². The van der Waals surface area contributed by atoms with Gasteiger partial charge in [-0.05, 0) is 65.1 Å². The molecule has 2 amide bonds. The van der Waals surface area contributed by atoms with Crippen molar-refractivity contribution in [2.75, 3.05) is 12.4 Å². The fourth-order valence-corrected chi connectivity index (χ4v) is 2.34. The van der Waals surface area contributed by atoms with Gasteiger partial charge < -0.3 is 15.2 Å². The molecule has 0 saturated carbocycles. The molecule has 0 unspecified atom stereocenters. The lowest BCUT2D eigenvalue weighted by atomic mass is 10.2. The minimum atomic E-state index is -0.401. The highest BCUT2D eigenvalue weighted by Crippen LogP contribution is 2.20. The van der Waals surface area contributed by atoms with Crippen LogP contribution < -0.4 is 15.5 Å². The molecule has 0 atom stereocenters. The fourth-order valence-electron chi connectivity index (χ4n) is 1.98. The molecule has 0 aliphatic rings. The Balaban J connectivity index is 1.78. The highest BCUT2D eigenvalue weighted by atomic mass is 127. The van der Waals surface area contributed by atoms with Gasteiger partial charge in [-0.15, -0.1) is 0 Å². The number of phenols is 1. The van der Waals surface area contributed by atoms with Gasteiger partial charge in [0.2, 0.25) is 11.8 Å². The van der Waals surface area contributed by atoms with Crippen LogP contribution >= 0.6 is 22.6 Å². The van der Waals surface area contributed by atoms with E-state index in [0.717, 1.165) is 3.57 Å². The number of nitrogens with zero attached hydrogens (tertiary/aromatic N) is 1. The van der Waals surface area contributed by atoms with E-state index < -0.39 is 5.91 Å². The summed E-state index contributed by atoms with van der Waals surface area (Å²) >= 11 is 2.18. The first-order valence-electron chi connectivity index (χ1n) is 7.72. The summed E-state index contributed by atoms with van der Waals surface area (Å²) in [6.07, 6.45) is 1.34. The fraction of sp³-hybridized carbons (Fsp3) is 0.167. The third-order valence-corrected chi connectivity index (χ3v) is 4.05. The first kappa shape index (κ1) is 19.7. The molecule has 8 heteroatoms. The van der Waals surface area contributed by atoms with Gasteiger partial charge in [0.05, 0.1) is 13.3 Å². The van der Waals surface area contributed by atoms with E-state index >= 15 is 0 Å². The Labute approximate surface area is 164 Å². The van der Waals surface area contributed by atoms with Gasteiger partial charge in [0, 0.05) is 27.7 Å². The summed E-state index contributed by atoms with van der Waals surface area (Å²) in [6.45, 7) is 0. The van der Waals surface area contributed by atoms with Gasteiger partial charge in [0.25, 0.3) is 0 Å². The van der Waals surface area contributed by atoms with Crippen LogP contribution in [0.2, 0.25) is 0 Å². The molecule has 0 radical (unpaired) electrons. The van der Waals surface area contributed by atoms with E-state index in [0.29, 0.717) is 17.0 Å². The molecule has 0 fully saturated rings. The molecule has 2 rings (SSSR count). The summed E-state index contributed by atoms with van der Waals surface area (Å²) in [5, 5.41) is 16.2. The van der Waals surface area contributed by atoms with Crippen LogP contribution in [0.1, 0.15) is 18.4 Å². The lowest BCUT2D eigenvalue weighted by Crippen LogP contribution is -2.20. The monoisotopic (exact) mass is 467 g/mol. The Morgan fingerprint density at radius 3 is 2.54 bits per heavy atom. The lowest BCUT2D eigenvalue weighted by Gasteiger charge is -2.05. The van der Waals surface area contributed by atoms with Crippen molar-refractivity contribution in [1.82, 2.24) is 5.43 Å².